The number of rotatable bonds is 10. The van der Waals surface area contributed by atoms with Crippen LogP contribution in [0.25, 0.3) is 0 Å². The molecule has 0 saturated heterocycles. The number of carbonyl (C=O) groups excluding carboxylic acids is 1. The molecule has 0 aliphatic heterocycles. The average molecular weight is 485 g/mol. The van der Waals surface area contributed by atoms with Gasteiger partial charge in [-0.2, -0.15) is 0 Å². The number of amides is 1. The van der Waals surface area contributed by atoms with Crippen molar-refractivity contribution in [2.24, 2.45) is 0 Å². The maximum absolute atomic E-state index is 12.4. The molecule has 158 valence electrons. The van der Waals surface area contributed by atoms with Gasteiger partial charge in [-0.1, -0.05) is 28.1 Å². The third-order valence-electron chi connectivity index (χ3n) is 3.88. The molecule has 2 aromatic rings. The second-order valence-corrected chi connectivity index (χ2v) is 9.00. The van der Waals surface area contributed by atoms with Crippen molar-refractivity contribution in [1.82, 2.24) is 5.32 Å². The van der Waals surface area contributed by atoms with E-state index < -0.39 is 15.9 Å². The second-order valence-electron chi connectivity index (χ2n) is 6.17. The Morgan fingerprint density at radius 3 is 2.38 bits per heavy atom. The van der Waals surface area contributed by atoms with E-state index in [1.807, 2.05) is 19.9 Å². The number of sulfonamides is 1. The van der Waals surface area contributed by atoms with Crippen LogP contribution in [0.5, 0.6) is 11.5 Å². The van der Waals surface area contributed by atoms with Gasteiger partial charge in [-0.05, 0) is 49.7 Å². The molecule has 29 heavy (non-hydrogen) atoms. The lowest BCUT2D eigenvalue weighted by molar-refractivity contribution is -0.119. The highest BCUT2D eigenvalue weighted by Crippen LogP contribution is 2.28. The van der Waals surface area contributed by atoms with Crippen LogP contribution in [0, 0.1) is 0 Å². The summed E-state index contributed by atoms with van der Waals surface area (Å²) in [5, 5.41) is 2.75. The fourth-order valence-corrected chi connectivity index (χ4v) is 3.86. The Morgan fingerprint density at radius 1 is 1.07 bits per heavy atom. The van der Waals surface area contributed by atoms with Crippen molar-refractivity contribution in [2.75, 3.05) is 30.3 Å². The van der Waals surface area contributed by atoms with Crippen LogP contribution in [-0.4, -0.2) is 40.3 Å². The van der Waals surface area contributed by atoms with Crippen molar-refractivity contribution in [3.05, 3.63) is 52.5 Å². The quantitative estimate of drug-likeness (QED) is 0.558. The zero-order chi connectivity index (χ0) is 21.4. The third kappa shape index (κ3) is 6.93. The number of nitrogens with zero attached hydrogens (tertiary/aromatic N) is 1. The molecule has 0 heterocycles. The van der Waals surface area contributed by atoms with Crippen LogP contribution in [0.4, 0.5) is 5.69 Å². The molecule has 9 heteroatoms. The fraction of sp³-hybridized carbons (Fsp3) is 0.350. The number of hydrogen-bond acceptors (Lipinski definition) is 5. The second kappa shape index (κ2) is 10.5. The van der Waals surface area contributed by atoms with Gasteiger partial charge in [0.15, 0.2) is 11.5 Å². The molecule has 0 aromatic heterocycles. The van der Waals surface area contributed by atoms with Gasteiger partial charge in [0.1, 0.15) is 6.54 Å². The van der Waals surface area contributed by atoms with E-state index in [0.29, 0.717) is 30.4 Å². The van der Waals surface area contributed by atoms with Crippen LogP contribution in [0.1, 0.15) is 19.4 Å². The first-order valence-electron chi connectivity index (χ1n) is 9.13. The molecule has 0 fully saturated rings. The zero-order valence-electron chi connectivity index (χ0n) is 16.6. The standard InChI is InChI=1S/C20H25BrN2O5S/c1-4-27-18-10-9-15(11-19(18)28-5-2)13-22-20(24)14-23(29(3,25)26)17-8-6-7-16(21)12-17/h6-12H,4-5,13-14H2,1-3H3,(H,22,24). The third-order valence-corrected chi connectivity index (χ3v) is 5.52. The van der Waals surface area contributed by atoms with Crippen molar-refractivity contribution in [2.45, 2.75) is 20.4 Å². The van der Waals surface area contributed by atoms with E-state index in [1.54, 1.807) is 36.4 Å². The lowest BCUT2D eigenvalue weighted by Gasteiger charge is -2.22. The van der Waals surface area contributed by atoms with E-state index in [4.69, 9.17) is 9.47 Å². The predicted molar refractivity (Wildman–Crippen MR) is 117 cm³/mol. The SMILES string of the molecule is CCOc1ccc(CNC(=O)CN(c2cccc(Br)c2)S(C)(=O)=O)cc1OCC. The van der Waals surface area contributed by atoms with E-state index >= 15 is 0 Å². The molecular weight excluding hydrogens is 460 g/mol. The van der Waals surface area contributed by atoms with Crippen molar-refractivity contribution in [3.63, 3.8) is 0 Å². The van der Waals surface area contributed by atoms with Gasteiger partial charge >= 0.3 is 0 Å². The monoisotopic (exact) mass is 484 g/mol. The molecule has 2 rings (SSSR count). The van der Waals surface area contributed by atoms with Gasteiger partial charge in [-0.15, -0.1) is 0 Å². The minimum atomic E-state index is -3.62. The Bertz CT molecular complexity index is 950. The van der Waals surface area contributed by atoms with Crippen molar-refractivity contribution in [3.8, 4) is 11.5 Å². The Balaban J connectivity index is 2.08. The lowest BCUT2D eigenvalue weighted by atomic mass is 10.2. The summed E-state index contributed by atoms with van der Waals surface area (Å²) in [7, 11) is -3.62. The predicted octanol–water partition coefficient (Wildman–Crippen LogP) is 3.33. The van der Waals surface area contributed by atoms with Crippen molar-refractivity contribution >= 4 is 37.5 Å². The highest BCUT2D eigenvalue weighted by Gasteiger charge is 2.21. The summed E-state index contributed by atoms with van der Waals surface area (Å²) in [5.41, 5.74) is 1.23. The summed E-state index contributed by atoms with van der Waals surface area (Å²) in [6.07, 6.45) is 1.07. The molecule has 0 unspecified atom stereocenters. The van der Waals surface area contributed by atoms with E-state index in [2.05, 4.69) is 21.2 Å². The summed E-state index contributed by atoms with van der Waals surface area (Å²) in [6.45, 7) is 4.71. The van der Waals surface area contributed by atoms with E-state index in [9.17, 15) is 13.2 Å². The molecule has 0 aliphatic carbocycles. The summed E-state index contributed by atoms with van der Waals surface area (Å²) in [5.74, 6) is 0.831. The van der Waals surface area contributed by atoms with Gasteiger partial charge in [0.05, 0.1) is 25.2 Å². The molecule has 1 N–H and O–H groups in total. The number of nitrogens with one attached hydrogen (secondary N) is 1. The van der Waals surface area contributed by atoms with Crippen LogP contribution in [0.15, 0.2) is 46.9 Å². The summed E-state index contributed by atoms with van der Waals surface area (Å²) >= 11 is 3.32. The zero-order valence-corrected chi connectivity index (χ0v) is 19.0. The number of halogens is 1. The Kier molecular flexibility index (Phi) is 8.33. The highest BCUT2D eigenvalue weighted by atomic mass is 79.9. The minimum Gasteiger partial charge on any atom is -0.490 e. The Morgan fingerprint density at radius 2 is 1.76 bits per heavy atom. The van der Waals surface area contributed by atoms with Gasteiger partial charge in [0, 0.05) is 11.0 Å². The van der Waals surface area contributed by atoms with Crippen LogP contribution >= 0.6 is 15.9 Å². The fourth-order valence-electron chi connectivity index (χ4n) is 2.62. The first-order valence-corrected chi connectivity index (χ1v) is 11.8. The summed E-state index contributed by atoms with van der Waals surface area (Å²) < 4.78 is 37.2. The van der Waals surface area contributed by atoms with Crippen LogP contribution < -0.4 is 19.1 Å². The van der Waals surface area contributed by atoms with E-state index in [-0.39, 0.29) is 13.1 Å². The topological polar surface area (TPSA) is 84.9 Å². The van der Waals surface area contributed by atoms with Crippen molar-refractivity contribution < 1.29 is 22.7 Å². The molecule has 0 radical (unpaired) electrons. The first-order chi connectivity index (χ1) is 13.7. The highest BCUT2D eigenvalue weighted by molar-refractivity contribution is 9.10. The molecule has 0 atom stereocenters. The smallest absolute Gasteiger partial charge is 0.241 e. The molecule has 2 aromatic carbocycles. The summed E-state index contributed by atoms with van der Waals surface area (Å²) in [4.78, 5) is 12.4. The normalized spacial score (nSPS) is 11.0. The van der Waals surface area contributed by atoms with Gasteiger partial charge in [-0.25, -0.2) is 8.42 Å². The molecule has 0 bridgehead atoms. The molecule has 0 spiro atoms. The van der Waals surface area contributed by atoms with Gasteiger partial charge in [0.2, 0.25) is 15.9 Å². The number of benzene rings is 2. The number of anilines is 1. The molecule has 7 nitrogen and oxygen atoms in total. The number of ether oxygens (including phenoxy) is 2. The Hall–Kier alpha value is -2.26. The van der Waals surface area contributed by atoms with Gasteiger partial charge < -0.3 is 14.8 Å². The first kappa shape index (κ1) is 23.0. The number of hydrogen-bond donors (Lipinski definition) is 1. The van der Waals surface area contributed by atoms with Crippen LogP contribution in [-0.2, 0) is 21.4 Å². The average Bonchev–Trinajstić information content (AvgIpc) is 2.65. The van der Waals surface area contributed by atoms with E-state index in [0.717, 1.165) is 20.6 Å². The maximum atomic E-state index is 12.4. The van der Waals surface area contributed by atoms with Crippen LogP contribution in [0.2, 0.25) is 0 Å². The molecule has 1 amide bonds. The van der Waals surface area contributed by atoms with E-state index in [1.165, 1.54) is 0 Å². The largest absolute Gasteiger partial charge is 0.490 e. The molecule has 0 saturated carbocycles. The molecule has 0 aliphatic rings. The van der Waals surface area contributed by atoms with Gasteiger partial charge in [-0.3, -0.25) is 9.10 Å². The van der Waals surface area contributed by atoms with Crippen LogP contribution in [0.3, 0.4) is 0 Å². The number of carbonyl (C=O) groups is 1. The Labute approximate surface area is 180 Å². The molecular formula is C20H25BrN2O5S. The summed E-state index contributed by atoms with van der Waals surface area (Å²) in [6, 6.07) is 12.2. The van der Waals surface area contributed by atoms with Gasteiger partial charge in [0.25, 0.3) is 0 Å². The van der Waals surface area contributed by atoms with Crippen molar-refractivity contribution in [1.29, 1.82) is 0 Å². The minimum absolute atomic E-state index is 0.237. The lowest BCUT2D eigenvalue weighted by Crippen LogP contribution is -2.40. The maximum Gasteiger partial charge on any atom is 0.241 e.